The first-order chi connectivity index (χ1) is 19.1. The number of Topliss-reactive ketones (excluding diaryl/α,β-unsaturated/α-hetero) is 1. The Hall–Kier alpha value is -3.78. The highest BCUT2D eigenvalue weighted by Crippen LogP contribution is 2.33. The Balaban J connectivity index is 1.49. The van der Waals surface area contributed by atoms with E-state index in [0.717, 1.165) is 16.0 Å². The predicted molar refractivity (Wildman–Crippen MR) is 155 cm³/mol. The van der Waals surface area contributed by atoms with Crippen molar-refractivity contribution >= 4 is 29.6 Å². The van der Waals surface area contributed by atoms with E-state index in [1.165, 1.54) is 13.8 Å². The molecular weight excluding hydrogens is 526 g/mol. The van der Waals surface area contributed by atoms with Crippen molar-refractivity contribution in [2.45, 2.75) is 44.1 Å². The summed E-state index contributed by atoms with van der Waals surface area (Å²) in [6.07, 6.45) is 2.94. The van der Waals surface area contributed by atoms with Gasteiger partial charge in [-0.05, 0) is 87.2 Å². The first kappa shape index (κ1) is 29.2. The second kappa shape index (κ2) is 12.6. The lowest BCUT2D eigenvalue weighted by Gasteiger charge is -2.23. The lowest BCUT2D eigenvalue weighted by Crippen LogP contribution is -2.38. The molecule has 1 amide bonds. The van der Waals surface area contributed by atoms with Crippen molar-refractivity contribution in [2.75, 3.05) is 19.3 Å². The van der Waals surface area contributed by atoms with Crippen molar-refractivity contribution in [1.82, 2.24) is 4.90 Å². The third-order valence-electron chi connectivity index (χ3n) is 7.28. The number of aliphatic carboxylic acids is 1. The number of nitrogens with zero attached hydrogens (tertiary/aromatic N) is 1. The van der Waals surface area contributed by atoms with E-state index in [-0.39, 0.29) is 17.6 Å². The molecule has 0 unspecified atom stereocenters. The van der Waals surface area contributed by atoms with Gasteiger partial charge in [0.2, 0.25) is 0 Å². The largest absolute Gasteiger partial charge is 0.478 e. The van der Waals surface area contributed by atoms with Crippen LogP contribution in [-0.2, 0) is 11.2 Å². The van der Waals surface area contributed by atoms with Crippen molar-refractivity contribution in [2.24, 2.45) is 11.8 Å². The number of benzene rings is 3. The minimum Gasteiger partial charge on any atom is -0.478 e. The van der Waals surface area contributed by atoms with E-state index in [4.69, 9.17) is 9.47 Å². The first-order valence-electron chi connectivity index (χ1n) is 13.3. The van der Waals surface area contributed by atoms with E-state index in [0.29, 0.717) is 43.0 Å². The smallest absolute Gasteiger partial charge is 0.415 e. The van der Waals surface area contributed by atoms with Gasteiger partial charge >= 0.3 is 12.1 Å². The number of carbonyl (C=O) groups excluding carboxylic acids is 2. The molecule has 0 spiro atoms. The summed E-state index contributed by atoms with van der Waals surface area (Å²) in [6, 6.07) is 22.2. The molecule has 3 aromatic rings. The standard InChI is InChI=1S/C32H35NO6S/c1-21-18-22(11-17-28(21)39-32(2,3)30(35)36)10-12-24-19-33(31(37)38-25-8-6-5-7-9-25)20-27(24)29(34)23-13-15-26(40-4)16-14-23/h5-9,11,13-18,24,27H,10,12,19-20H2,1-4H3,(H,35,36)/t24-,27-/m0/s1. The van der Waals surface area contributed by atoms with E-state index < -0.39 is 17.7 Å². The molecule has 0 aromatic heterocycles. The van der Waals surface area contributed by atoms with Crippen molar-refractivity contribution in [3.63, 3.8) is 0 Å². The van der Waals surface area contributed by atoms with Crippen LogP contribution in [0.4, 0.5) is 4.79 Å². The molecule has 0 bridgehead atoms. The number of carboxylic acids is 1. The molecule has 2 atom stereocenters. The van der Waals surface area contributed by atoms with Crippen LogP contribution in [0, 0.1) is 18.8 Å². The zero-order chi connectivity index (χ0) is 28.9. The average Bonchev–Trinajstić information content (AvgIpc) is 3.38. The monoisotopic (exact) mass is 561 g/mol. The van der Waals surface area contributed by atoms with Gasteiger partial charge in [0, 0.05) is 29.5 Å². The lowest BCUT2D eigenvalue weighted by atomic mass is 9.84. The van der Waals surface area contributed by atoms with E-state index in [1.807, 2.05) is 55.6 Å². The average molecular weight is 562 g/mol. The van der Waals surface area contributed by atoms with Crippen LogP contribution in [0.1, 0.15) is 41.8 Å². The minimum atomic E-state index is -1.34. The first-order valence-corrected chi connectivity index (χ1v) is 14.5. The van der Waals surface area contributed by atoms with Crippen LogP contribution in [-0.4, -0.2) is 52.8 Å². The lowest BCUT2D eigenvalue weighted by molar-refractivity contribution is -0.152. The maximum atomic E-state index is 13.6. The molecule has 0 saturated carbocycles. The second-order valence-electron chi connectivity index (χ2n) is 10.6. The fourth-order valence-corrected chi connectivity index (χ4v) is 5.29. The van der Waals surface area contributed by atoms with Crippen molar-refractivity contribution < 1.29 is 29.0 Å². The molecule has 4 rings (SSSR count). The number of ether oxygens (including phenoxy) is 2. The van der Waals surface area contributed by atoms with E-state index in [2.05, 4.69) is 0 Å². The Labute approximate surface area is 239 Å². The zero-order valence-corrected chi connectivity index (χ0v) is 24.1. The van der Waals surface area contributed by atoms with Gasteiger partial charge in [-0.25, -0.2) is 9.59 Å². The Morgan fingerprint density at radius 1 is 1.00 bits per heavy atom. The number of carboxylic acid groups (broad SMARTS) is 1. The van der Waals surface area contributed by atoms with Gasteiger partial charge in [-0.3, -0.25) is 4.79 Å². The highest BCUT2D eigenvalue weighted by molar-refractivity contribution is 7.98. The number of carbonyl (C=O) groups is 3. The number of ketones is 1. The Morgan fingerprint density at radius 2 is 1.70 bits per heavy atom. The predicted octanol–water partition coefficient (Wildman–Crippen LogP) is 6.52. The number of rotatable bonds is 10. The third-order valence-corrected chi connectivity index (χ3v) is 8.03. The summed E-state index contributed by atoms with van der Waals surface area (Å²) in [4.78, 5) is 40.8. The molecule has 0 aliphatic carbocycles. The summed E-state index contributed by atoms with van der Waals surface area (Å²) < 4.78 is 11.3. The number of likely N-dealkylation sites (tertiary alicyclic amines) is 1. The molecule has 210 valence electrons. The SMILES string of the molecule is CSc1ccc(C(=O)[C@H]2CN(C(=O)Oc3ccccc3)C[C@@H]2CCc2ccc(OC(C)(C)C(=O)O)c(C)c2)cc1. The summed E-state index contributed by atoms with van der Waals surface area (Å²) in [7, 11) is 0. The summed E-state index contributed by atoms with van der Waals surface area (Å²) in [5.41, 5.74) is 1.20. The summed E-state index contributed by atoms with van der Waals surface area (Å²) in [5, 5.41) is 9.38. The number of amides is 1. The Kier molecular flexibility index (Phi) is 9.20. The van der Waals surface area contributed by atoms with Gasteiger partial charge < -0.3 is 19.5 Å². The van der Waals surface area contributed by atoms with E-state index >= 15 is 0 Å². The van der Waals surface area contributed by atoms with Crippen LogP contribution < -0.4 is 9.47 Å². The molecule has 40 heavy (non-hydrogen) atoms. The fraction of sp³-hybridized carbons (Fsp3) is 0.344. The third kappa shape index (κ3) is 7.04. The molecule has 0 radical (unpaired) electrons. The van der Waals surface area contributed by atoms with Crippen molar-refractivity contribution in [3.8, 4) is 11.5 Å². The summed E-state index contributed by atoms with van der Waals surface area (Å²) >= 11 is 1.62. The van der Waals surface area contributed by atoms with Gasteiger partial charge in [0.25, 0.3) is 0 Å². The van der Waals surface area contributed by atoms with Crippen LogP contribution in [0.15, 0.2) is 77.7 Å². The number of hydrogen-bond acceptors (Lipinski definition) is 6. The molecule has 1 aliphatic heterocycles. The van der Waals surface area contributed by atoms with Crippen LogP contribution in [0.3, 0.4) is 0 Å². The molecule has 1 aliphatic rings. The normalized spacial score (nSPS) is 16.9. The molecule has 1 saturated heterocycles. The summed E-state index contributed by atoms with van der Waals surface area (Å²) in [5.74, 6) is -0.402. The van der Waals surface area contributed by atoms with Gasteiger partial charge in [-0.2, -0.15) is 0 Å². The molecule has 7 nitrogen and oxygen atoms in total. The number of thioether (sulfide) groups is 1. The molecular formula is C32H35NO6S. The maximum absolute atomic E-state index is 13.6. The number of aryl methyl sites for hydroxylation is 2. The van der Waals surface area contributed by atoms with Crippen molar-refractivity contribution in [1.29, 1.82) is 0 Å². The summed E-state index contributed by atoms with van der Waals surface area (Å²) in [6.45, 7) is 5.65. The highest BCUT2D eigenvalue weighted by Gasteiger charge is 2.40. The van der Waals surface area contributed by atoms with Gasteiger partial charge in [0.15, 0.2) is 11.4 Å². The van der Waals surface area contributed by atoms with Crippen LogP contribution in [0.25, 0.3) is 0 Å². The molecule has 8 heteroatoms. The zero-order valence-electron chi connectivity index (χ0n) is 23.3. The van der Waals surface area contributed by atoms with Gasteiger partial charge in [0.1, 0.15) is 11.5 Å². The highest BCUT2D eigenvalue weighted by atomic mass is 32.2. The molecule has 1 N–H and O–H groups in total. The number of hydrogen-bond donors (Lipinski definition) is 1. The Morgan fingerprint density at radius 3 is 2.33 bits per heavy atom. The van der Waals surface area contributed by atoms with Gasteiger partial charge in [-0.1, -0.05) is 42.5 Å². The van der Waals surface area contributed by atoms with E-state index in [9.17, 15) is 19.5 Å². The number of para-hydroxylation sites is 1. The topological polar surface area (TPSA) is 93.1 Å². The van der Waals surface area contributed by atoms with Crippen LogP contribution in [0.5, 0.6) is 11.5 Å². The van der Waals surface area contributed by atoms with Gasteiger partial charge in [0.05, 0.1) is 0 Å². The van der Waals surface area contributed by atoms with E-state index in [1.54, 1.807) is 47.0 Å². The fourth-order valence-electron chi connectivity index (χ4n) is 4.89. The second-order valence-corrected chi connectivity index (χ2v) is 11.5. The molecule has 1 fully saturated rings. The molecule has 1 heterocycles. The van der Waals surface area contributed by atoms with Crippen molar-refractivity contribution in [3.05, 3.63) is 89.5 Å². The quantitative estimate of drug-likeness (QED) is 0.222. The van der Waals surface area contributed by atoms with Crippen LogP contribution in [0.2, 0.25) is 0 Å². The van der Waals surface area contributed by atoms with Gasteiger partial charge in [-0.15, -0.1) is 11.8 Å². The minimum absolute atomic E-state index is 0.0310. The maximum Gasteiger partial charge on any atom is 0.415 e. The Bertz CT molecular complexity index is 1360. The van der Waals surface area contributed by atoms with Crippen LogP contribution >= 0.6 is 11.8 Å². The molecule has 3 aromatic carbocycles.